The first-order valence-electron chi connectivity index (χ1n) is 4.57. The van der Waals surface area contributed by atoms with Gasteiger partial charge in [0.1, 0.15) is 5.82 Å². The number of anilines is 1. The van der Waals surface area contributed by atoms with Crippen LogP contribution in [0.3, 0.4) is 0 Å². The number of thioether (sulfide) groups is 1. The summed E-state index contributed by atoms with van der Waals surface area (Å²) in [5.41, 5.74) is 6.58. The summed E-state index contributed by atoms with van der Waals surface area (Å²) in [6.45, 7) is 0. The topological polar surface area (TPSA) is 56.7 Å². The van der Waals surface area contributed by atoms with Crippen molar-refractivity contribution in [2.45, 2.75) is 10.6 Å². The quantitative estimate of drug-likeness (QED) is 0.800. The third kappa shape index (κ3) is 2.73. The van der Waals surface area contributed by atoms with Crippen LogP contribution in [-0.2, 0) is 12.8 Å². The van der Waals surface area contributed by atoms with E-state index >= 15 is 0 Å². The smallest absolute Gasteiger partial charge is 0.123 e. The van der Waals surface area contributed by atoms with Crippen LogP contribution < -0.4 is 5.73 Å². The van der Waals surface area contributed by atoms with Crippen molar-refractivity contribution in [3.05, 3.63) is 36.3 Å². The summed E-state index contributed by atoms with van der Waals surface area (Å²) in [5.74, 6) is 1.38. The molecule has 0 bridgehead atoms. The largest absolute Gasteiger partial charge is 0.384 e. The van der Waals surface area contributed by atoms with E-state index in [0.717, 1.165) is 16.3 Å². The lowest BCUT2D eigenvalue weighted by atomic mass is 10.4. The molecule has 0 saturated heterocycles. The lowest BCUT2D eigenvalue weighted by Gasteiger charge is -1.99. The summed E-state index contributed by atoms with van der Waals surface area (Å²) < 4.78 is 1.79. The fraction of sp³-hybridized carbons (Fsp3) is 0.200. The molecule has 0 fully saturated rings. The maximum Gasteiger partial charge on any atom is 0.123 e. The van der Waals surface area contributed by atoms with E-state index in [1.807, 2.05) is 31.6 Å². The number of pyridine rings is 1. The van der Waals surface area contributed by atoms with E-state index in [9.17, 15) is 0 Å². The van der Waals surface area contributed by atoms with Crippen LogP contribution >= 0.6 is 11.8 Å². The first-order chi connectivity index (χ1) is 7.24. The van der Waals surface area contributed by atoms with Gasteiger partial charge >= 0.3 is 0 Å². The summed E-state index contributed by atoms with van der Waals surface area (Å²) in [5, 5.41) is 4.10. The second-order valence-electron chi connectivity index (χ2n) is 3.19. The first kappa shape index (κ1) is 10.0. The Labute approximate surface area is 92.5 Å². The number of nitrogens with two attached hydrogens (primary N) is 1. The van der Waals surface area contributed by atoms with Gasteiger partial charge in [-0.2, -0.15) is 5.10 Å². The van der Waals surface area contributed by atoms with Crippen LogP contribution in [0.5, 0.6) is 0 Å². The molecule has 0 atom stereocenters. The predicted octanol–water partition coefficient (Wildman–Crippen LogP) is 1.69. The van der Waals surface area contributed by atoms with E-state index in [0.29, 0.717) is 5.82 Å². The van der Waals surface area contributed by atoms with E-state index in [2.05, 4.69) is 10.1 Å². The Balaban J connectivity index is 1.99. The molecule has 2 N–H and O–H groups in total. The SMILES string of the molecule is Cn1cc(SCc2cccc(N)n2)cn1. The number of rotatable bonds is 3. The molecule has 4 nitrogen and oxygen atoms in total. The minimum absolute atomic E-state index is 0.569. The van der Waals surface area contributed by atoms with Crippen LogP contribution in [0.15, 0.2) is 35.5 Å². The number of hydrogen-bond donors (Lipinski definition) is 1. The van der Waals surface area contributed by atoms with Gasteiger partial charge in [-0.15, -0.1) is 11.8 Å². The monoisotopic (exact) mass is 220 g/mol. The van der Waals surface area contributed by atoms with Crippen LogP contribution in [0.2, 0.25) is 0 Å². The molecule has 0 aliphatic rings. The maximum absolute atomic E-state index is 5.59. The number of nitrogen functional groups attached to an aromatic ring is 1. The summed E-state index contributed by atoms with van der Waals surface area (Å²) in [6.07, 6.45) is 3.83. The van der Waals surface area contributed by atoms with Gasteiger partial charge in [0.05, 0.1) is 11.9 Å². The summed E-state index contributed by atoms with van der Waals surface area (Å²) in [6, 6.07) is 5.68. The molecular weight excluding hydrogens is 208 g/mol. The molecule has 2 aromatic rings. The van der Waals surface area contributed by atoms with Crippen LogP contribution in [-0.4, -0.2) is 14.8 Å². The lowest BCUT2D eigenvalue weighted by Crippen LogP contribution is -1.93. The Morgan fingerprint density at radius 1 is 1.47 bits per heavy atom. The van der Waals surface area contributed by atoms with Crippen molar-refractivity contribution in [2.24, 2.45) is 7.05 Å². The van der Waals surface area contributed by atoms with E-state index in [4.69, 9.17) is 5.73 Å². The van der Waals surface area contributed by atoms with Gasteiger partial charge in [-0.05, 0) is 12.1 Å². The molecule has 0 spiro atoms. The molecule has 5 heteroatoms. The van der Waals surface area contributed by atoms with Crippen molar-refractivity contribution in [2.75, 3.05) is 5.73 Å². The normalized spacial score (nSPS) is 10.5. The zero-order valence-electron chi connectivity index (χ0n) is 8.42. The molecule has 2 heterocycles. The minimum atomic E-state index is 0.569. The molecule has 15 heavy (non-hydrogen) atoms. The van der Waals surface area contributed by atoms with E-state index in [1.54, 1.807) is 22.5 Å². The predicted molar refractivity (Wildman–Crippen MR) is 61.4 cm³/mol. The number of nitrogens with zero attached hydrogens (tertiary/aromatic N) is 3. The van der Waals surface area contributed by atoms with Crippen molar-refractivity contribution in [3.8, 4) is 0 Å². The first-order valence-corrected chi connectivity index (χ1v) is 5.55. The second-order valence-corrected chi connectivity index (χ2v) is 4.24. The Morgan fingerprint density at radius 3 is 3.00 bits per heavy atom. The molecule has 0 amide bonds. The minimum Gasteiger partial charge on any atom is -0.384 e. The van der Waals surface area contributed by atoms with Gasteiger partial charge in [-0.3, -0.25) is 4.68 Å². The van der Waals surface area contributed by atoms with Crippen LogP contribution in [0, 0.1) is 0 Å². The van der Waals surface area contributed by atoms with Crippen LogP contribution in [0.4, 0.5) is 5.82 Å². The molecule has 0 unspecified atom stereocenters. The highest BCUT2D eigenvalue weighted by atomic mass is 32.2. The zero-order valence-corrected chi connectivity index (χ0v) is 9.24. The maximum atomic E-state index is 5.59. The zero-order chi connectivity index (χ0) is 10.7. The van der Waals surface area contributed by atoms with E-state index in [1.165, 1.54) is 0 Å². The average Bonchev–Trinajstić information content (AvgIpc) is 2.62. The Morgan fingerprint density at radius 2 is 2.33 bits per heavy atom. The summed E-state index contributed by atoms with van der Waals surface area (Å²) in [4.78, 5) is 5.37. The van der Waals surface area contributed by atoms with Crippen molar-refractivity contribution >= 4 is 17.6 Å². The van der Waals surface area contributed by atoms with Crippen molar-refractivity contribution < 1.29 is 0 Å². The number of aromatic nitrogens is 3. The molecule has 0 radical (unpaired) electrons. The Bertz CT molecular complexity index is 452. The van der Waals surface area contributed by atoms with Crippen LogP contribution in [0.1, 0.15) is 5.69 Å². The number of hydrogen-bond acceptors (Lipinski definition) is 4. The fourth-order valence-corrected chi connectivity index (χ4v) is 2.03. The van der Waals surface area contributed by atoms with Gasteiger partial charge in [0, 0.05) is 23.9 Å². The van der Waals surface area contributed by atoms with Crippen LogP contribution in [0.25, 0.3) is 0 Å². The molecule has 2 rings (SSSR count). The van der Waals surface area contributed by atoms with E-state index in [-0.39, 0.29) is 0 Å². The van der Waals surface area contributed by atoms with Crippen molar-refractivity contribution in [1.29, 1.82) is 0 Å². The Hall–Kier alpha value is -1.49. The van der Waals surface area contributed by atoms with E-state index < -0.39 is 0 Å². The van der Waals surface area contributed by atoms with Gasteiger partial charge in [0.25, 0.3) is 0 Å². The van der Waals surface area contributed by atoms with Gasteiger partial charge < -0.3 is 5.73 Å². The molecule has 0 aliphatic heterocycles. The standard InChI is InChI=1S/C10H12N4S/c1-14-6-9(5-12-14)15-7-8-3-2-4-10(11)13-8/h2-6H,7H2,1H3,(H2,11,13). The lowest BCUT2D eigenvalue weighted by molar-refractivity contribution is 0.766. The van der Waals surface area contributed by atoms with Gasteiger partial charge in [0.15, 0.2) is 0 Å². The summed E-state index contributed by atoms with van der Waals surface area (Å²) >= 11 is 1.70. The molecule has 0 aromatic carbocycles. The van der Waals surface area contributed by atoms with Crippen molar-refractivity contribution in [1.82, 2.24) is 14.8 Å². The highest BCUT2D eigenvalue weighted by Crippen LogP contribution is 2.20. The molecule has 0 aliphatic carbocycles. The van der Waals surface area contributed by atoms with Gasteiger partial charge in [-0.1, -0.05) is 6.07 Å². The highest BCUT2D eigenvalue weighted by Gasteiger charge is 1.99. The molecular formula is C10H12N4S. The Kier molecular flexibility index (Phi) is 2.91. The average molecular weight is 220 g/mol. The highest BCUT2D eigenvalue weighted by molar-refractivity contribution is 7.98. The fourth-order valence-electron chi connectivity index (χ4n) is 1.21. The van der Waals surface area contributed by atoms with Gasteiger partial charge in [-0.25, -0.2) is 4.98 Å². The second kappa shape index (κ2) is 4.35. The summed E-state index contributed by atoms with van der Waals surface area (Å²) in [7, 11) is 1.91. The molecule has 2 aromatic heterocycles. The molecule has 78 valence electrons. The van der Waals surface area contributed by atoms with Crippen molar-refractivity contribution in [3.63, 3.8) is 0 Å². The third-order valence-electron chi connectivity index (χ3n) is 1.90. The third-order valence-corrected chi connectivity index (χ3v) is 2.88. The van der Waals surface area contributed by atoms with Gasteiger partial charge in [0.2, 0.25) is 0 Å². The number of aryl methyl sites for hydroxylation is 1. The molecule has 0 saturated carbocycles.